The van der Waals surface area contributed by atoms with Crippen LogP contribution in [0.25, 0.3) is 0 Å². The highest BCUT2D eigenvalue weighted by Crippen LogP contribution is 2.36. The lowest BCUT2D eigenvalue weighted by atomic mass is 9.74. The Morgan fingerprint density at radius 1 is 1.14 bits per heavy atom. The summed E-state index contributed by atoms with van der Waals surface area (Å²) in [6.07, 6.45) is 8.10. The molecule has 1 aliphatic carbocycles. The summed E-state index contributed by atoms with van der Waals surface area (Å²) in [5.74, 6) is 2.16. The number of nitrogens with two attached hydrogens (primary N) is 1. The van der Waals surface area contributed by atoms with Crippen LogP contribution in [0, 0.1) is 23.2 Å². The summed E-state index contributed by atoms with van der Waals surface area (Å²) in [4.78, 5) is 14.9. The first-order valence-corrected chi connectivity index (χ1v) is 8.90. The fourth-order valence-corrected chi connectivity index (χ4v) is 4.24. The van der Waals surface area contributed by atoms with Crippen molar-refractivity contribution >= 4 is 5.91 Å². The maximum Gasteiger partial charge on any atom is 0.225 e. The Bertz CT molecular complexity index is 338. The second-order valence-corrected chi connectivity index (χ2v) is 8.27. The van der Waals surface area contributed by atoms with Crippen molar-refractivity contribution in [2.24, 2.45) is 28.9 Å². The quantitative estimate of drug-likeness (QED) is 0.867. The van der Waals surface area contributed by atoms with Gasteiger partial charge in [0, 0.05) is 19.0 Å². The van der Waals surface area contributed by atoms with Crippen molar-refractivity contribution in [2.45, 2.75) is 65.7 Å². The lowest BCUT2D eigenvalue weighted by molar-refractivity contribution is -0.139. The molecule has 122 valence electrons. The molecule has 1 heterocycles. The zero-order valence-electron chi connectivity index (χ0n) is 14.2. The molecule has 3 nitrogen and oxygen atoms in total. The van der Waals surface area contributed by atoms with E-state index in [1.165, 1.54) is 25.7 Å². The summed E-state index contributed by atoms with van der Waals surface area (Å²) in [6, 6.07) is 0. The van der Waals surface area contributed by atoms with Gasteiger partial charge >= 0.3 is 0 Å². The molecule has 2 aliphatic rings. The molecule has 0 radical (unpaired) electrons. The zero-order valence-corrected chi connectivity index (χ0v) is 14.2. The number of carbonyl (C=O) groups is 1. The predicted molar refractivity (Wildman–Crippen MR) is 87.9 cm³/mol. The maximum atomic E-state index is 12.8. The molecule has 0 bridgehead atoms. The average Bonchev–Trinajstić information content (AvgIpc) is 2.46. The van der Waals surface area contributed by atoms with Crippen LogP contribution in [-0.2, 0) is 4.79 Å². The van der Waals surface area contributed by atoms with Gasteiger partial charge in [0.05, 0.1) is 0 Å². The third kappa shape index (κ3) is 4.45. The van der Waals surface area contributed by atoms with Gasteiger partial charge in [0.25, 0.3) is 0 Å². The summed E-state index contributed by atoms with van der Waals surface area (Å²) >= 11 is 0. The van der Waals surface area contributed by atoms with Gasteiger partial charge in [-0.25, -0.2) is 0 Å². The first-order chi connectivity index (χ1) is 9.91. The van der Waals surface area contributed by atoms with Crippen LogP contribution in [0.5, 0.6) is 0 Å². The molecule has 2 atom stereocenters. The highest BCUT2D eigenvalue weighted by atomic mass is 16.2. The third-order valence-corrected chi connectivity index (χ3v) is 5.74. The first-order valence-electron chi connectivity index (χ1n) is 8.90. The van der Waals surface area contributed by atoms with E-state index >= 15 is 0 Å². The molecule has 0 aromatic rings. The third-order valence-electron chi connectivity index (χ3n) is 5.74. The molecule has 1 amide bonds. The van der Waals surface area contributed by atoms with Gasteiger partial charge in [-0.2, -0.15) is 0 Å². The van der Waals surface area contributed by atoms with Crippen molar-refractivity contribution in [1.82, 2.24) is 4.90 Å². The predicted octanol–water partition coefficient (Wildman–Crippen LogP) is 3.43. The fraction of sp³-hybridized carbons (Fsp3) is 0.944. The number of carbonyl (C=O) groups excluding carboxylic acids is 1. The lowest BCUT2D eigenvalue weighted by Gasteiger charge is -2.40. The molecule has 0 aromatic carbocycles. The number of rotatable bonds is 3. The minimum absolute atomic E-state index is 0.279. The highest BCUT2D eigenvalue weighted by Gasteiger charge is 2.34. The second kappa shape index (κ2) is 7.13. The van der Waals surface area contributed by atoms with Crippen LogP contribution in [0.15, 0.2) is 0 Å². The Balaban J connectivity index is 1.84. The van der Waals surface area contributed by atoms with Crippen molar-refractivity contribution < 1.29 is 4.79 Å². The Morgan fingerprint density at radius 2 is 1.81 bits per heavy atom. The number of hydrogen-bond acceptors (Lipinski definition) is 2. The molecule has 2 N–H and O–H groups in total. The zero-order chi connectivity index (χ0) is 15.5. The summed E-state index contributed by atoms with van der Waals surface area (Å²) in [5, 5.41) is 0. The minimum Gasteiger partial charge on any atom is -0.342 e. The summed E-state index contributed by atoms with van der Waals surface area (Å²) in [6.45, 7) is 9.69. The van der Waals surface area contributed by atoms with Crippen molar-refractivity contribution in [2.75, 3.05) is 19.6 Å². The van der Waals surface area contributed by atoms with E-state index in [2.05, 4.69) is 25.7 Å². The SMILES string of the molecule is CC(C)(C)C1CCN(C(=O)C2CCCC(CCN)C2)CC1. The van der Waals surface area contributed by atoms with E-state index < -0.39 is 0 Å². The molecule has 1 saturated carbocycles. The normalized spacial score (nSPS) is 28.7. The summed E-state index contributed by atoms with van der Waals surface area (Å²) in [7, 11) is 0. The summed E-state index contributed by atoms with van der Waals surface area (Å²) in [5.41, 5.74) is 6.07. The fourth-order valence-electron chi connectivity index (χ4n) is 4.24. The van der Waals surface area contributed by atoms with E-state index in [0.717, 1.165) is 44.8 Å². The first kappa shape index (κ1) is 16.8. The van der Waals surface area contributed by atoms with Crippen LogP contribution in [0.4, 0.5) is 0 Å². The molecule has 3 heteroatoms. The van der Waals surface area contributed by atoms with Gasteiger partial charge in [-0.1, -0.05) is 33.6 Å². The van der Waals surface area contributed by atoms with E-state index in [0.29, 0.717) is 17.2 Å². The van der Waals surface area contributed by atoms with Crippen LogP contribution in [0.3, 0.4) is 0 Å². The van der Waals surface area contributed by atoms with E-state index in [4.69, 9.17) is 5.73 Å². The van der Waals surface area contributed by atoms with Gasteiger partial charge in [-0.3, -0.25) is 4.79 Å². The van der Waals surface area contributed by atoms with Gasteiger partial charge in [-0.05, 0) is 55.9 Å². The molecular formula is C18H34N2O. The molecule has 2 unspecified atom stereocenters. The van der Waals surface area contributed by atoms with Crippen LogP contribution in [-0.4, -0.2) is 30.4 Å². The lowest BCUT2D eigenvalue weighted by Crippen LogP contribution is -2.44. The molecule has 0 aromatic heterocycles. The van der Waals surface area contributed by atoms with Gasteiger partial charge in [-0.15, -0.1) is 0 Å². The van der Waals surface area contributed by atoms with Crippen molar-refractivity contribution in [3.05, 3.63) is 0 Å². The molecule has 0 spiro atoms. The van der Waals surface area contributed by atoms with E-state index in [-0.39, 0.29) is 5.92 Å². The average molecular weight is 294 g/mol. The van der Waals surface area contributed by atoms with Crippen molar-refractivity contribution in [3.8, 4) is 0 Å². The van der Waals surface area contributed by atoms with Crippen LogP contribution < -0.4 is 5.73 Å². The molecular weight excluding hydrogens is 260 g/mol. The van der Waals surface area contributed by atoms with Crippen LogP contribution in [0.1, 0.15) is 65.7 Å². The van der Waals surface area contributed by atoms with Crippen LogP contribution >= 0.6 is 0 Å². The van der Waals surface area contributed by atoms with E-state index in [1.807, 2.05) is 0 Å². The second-order valence-electron chi connectivity index (χ2n) is 8.27. The van der Waals surface area contributed by atoms with Crippen molar-refractivity contribution in [1.29, 1.82) is 0 Å². The smallest absolute Gasteiger partial charge is 0.225 e. The van der Waals surface area contributed by atoms with E-state index in [9.17, 15) is 4.79 Å². The van der Waals surface area contributed by atoms with Gasteiger partial charge in [0.2, 0.25) is 5.91 Å². The Kier molecular flexibility index (Phi) is 5.70. The standard InChI is InChI=1S/C18H34N2O/c1-18(2,3)16-8-11-20(12-9-16)17(21)15-6-4-5-14(13-15)7-10-19/h14-16H,4-13,19H2,1-3H3. The summed E-state index contributed by atoms with van der Waals surface area (Å²) < 4.78 is 0. The van der Waals surface area contributed by atoms with Gasteiger partial charge < -0.3 is 10.6 Å². The molecule has 1 saturated heterocycles. The van der Waals surface area contributed by atoms with E-state index in [1.54, 1.807) is 0 Å². The maximum absolute atomic E-state index is 12.8. The number of amides is 1. The number of piperidine rings is 1. The van der Waals surface area contributed by atoms with Gasteiger partial charge in [0.1, 0.15) is 0 Å². The monoisotopic (exact) mass is 294 g/mol. The minimum atomic E-state index is 0.279. The molecule has 2 rings (SSSR count). The highest BCUT2D eigenvalue weighted by molar-refractivity contribution is 5.79. The Labute approximate surface area is 130 Å². The number of likely N-dealkylation sites (tertiary alicyclic amines) is 1. The number of nitrogens with zero attached hydrogens (tertiary/aromatic N) is 1. The Morgan fingerprint density at radius 3 is 2.38 bits per heavy atom. The molecule has 21 heavy (non-hydrogen) atoms. The van der Waals surface area contributed by atoms with Gasteiger partial charge in [0.15, 0.2) is 0 Å². The topological polar surface area (TPSA) is 46.3 Å². The Hall–Kier alpha value is -0.570. The number of hydrogen-bond donors (Lipinski definition) is 1. The molecule has 2 fully saturated rings. The molecule has 1 aliphatic heterocycles. The largest absolute Gasteiger partial charge is 0.342 e. The van der Waals surface area contributed by atoms with Crippen LogP contribution in [0.2, 0.25) is 0 Å². The van der Waals surface area contributed by atoms with Crippen molar-refractivity contribution in [3.63, 3.8) is 0 Å².